The molecule has 4 heteroatoms. The third-order valence-corrected chi connectivity index (χ3v) is 9.39. The van der Waals surface area contributed by atoms with Crippen LogP contribution in [0.4, 0.5) is 0 Å². The molecule has 0 aliphatic rings. The molecule has 0 aliphatic carbocycles. The van der Waals surface area contributed by atoms with E-state index < -0.39 is 8.32 Å². The van der Waals surface area contributed by atoms with Crippen LogP contribution < -0.4 is 5.56 Å². The highest BCUT2D eigenvalue weighted by Crippen LogP contribution is 2.36. The molecular formula is C18H33NO2Si. The lowest BCUT2D eigenvalue weighted by molar-refractivity contribution is 0.278. The Kier molecular flexibility index (Phi) is 6.62. The average molecular weight is 324 g/mol. The van der Waals surface area contributed by atoms with Crippen LogP contribution in [0.5, 0.6) is 0 Å². The van der Waals surface area contributed by atoms with E-state index >= 15 is 0 Å². The zero-order valence-corrected chi connectivity index (χ0v) is 16.5. The first-order valence-corrected chi connectivity index (χ1v) is 11.3. The third kappa shape index (κ3) is 5.40. The molecule has 22 heavy (non-hydrogen) atoms. The first-order chi connectivity index (χ1) is 10.0. The fourth-order valence-corrected chi connectivity index (χ4v) is 3.29. The molecule has 0 fully saturated rings. The molecule has 0 bridgehead atoms. The maximum Gasteiger partial charge on any atom is 0.250 e. The van der Waals surface area contributed by atoms with E-state index in [0.29, 0.717) is 0 Å². The van der Waals surface area contributed by atoms with E-state index in [1.807, 2.05) is 14.0 Å². The highest BCUT2D eigenvalue weighted by molar-refractivity contribution is 6.74. The Morgan fingerprint density at radius 3 is 2.36 bits per heavy atom. The predicted octanol–water partition coefficient (Wildman–Crippen LogP) is 4.43. The van der Waals surface area contributed by atoms with Gasteiger partial charge in [-0.2, -0.15) is 0 Å². The average Bonchev–Trinajstić information content (AvgIpc) is 2.37. The second-order valence-electron chi connectivity index (χ2n) is 7.84. The molecule has 0 spiro atoms. The van der Waals surface area contributed by atoms with Crippen molar-refractivity contribution in [1.29, 1.82) is 0 Å². The van der Waals surface area contributed by atoms with E-state index in [-0.39, 0.29) is 10.6 Å². The Hall–Kier alpha value is -0.873. The summed E-state index contributed by atoms with van der Waals surface area (Å²) < 4.78 is 7.95. The van der Waals surface area contributed by atoms with Crippen LogP contribution in [0, 0.1) is 6.92 Å². The van der Waals surface area contributed by atoms with E-state index in [0.717, 1.165) is 43.5 Å². The van der Waals surface area contributed by atoms with Crippen molar-refractivity contribution in [3.63, 3.8) is 0 Å². The van der Waals surface area contributed by atoms with Crippen molar-refractivity contribution >= 4 is 8.32 Å². The molecule has 0 N–H and O–H groups in total. The van der Waals surface area contributed by atoms with Gasteiger partial charge in [-0.15, -0.1) is 0 Å². The highest BCUT2D eigenvalue weighted by atomic mass is 28.4. The van der Waals surface area contributed by atoms with Crippen LogP contribution in [0.25, 0.3) is 0 Å². The van der Waals surface area contributed by atoms with E-state index in [9.17, 15) is 4.79 Å². The Bertz CT molecular complexity index is 541. The number of unbranched alkanes of at least 4 members (excludes halogenated alkanes) is 2. The largest absolute Gasteiger partial charge is 0.417 e. The van der Waals surface area contributed by atoms with Gasteiger partial charge in [0.1, 0.15) is 0 Å². The molecule has 1 rings (SSSR count). The molecule has 0 radical (unpaired) electrons. The molecule has 1 heterocycles. The molecule has 1 aromatic rings. The molecule has 0 saturated carbocycles. The molecule has 0 saturated heterocycles. The van der Waals surface area contributed by atoms with Crippen LogP contribution >= 0.6 is 0 Å². The molecule has 0 atom stereocenters. The number of nitrogens with zero attached hydrogens (tertiary/aromatic N) is 1. The summed E-state index contributed by atoms with van der Waals surface area (Å²) >= 11 is 0. The highest BCUT2D eigenvalue weighted by Gasteiger charge is 2.36. The zero-order valence-electron chi connectivity index (χ0n) is 15.5. The first-order valence-electron chi connectivity index (χ1n) is 8.35. The van der Waals surface area contributed by atoms with Crippen molar-refractivity contribution in [2.75, 3.05) is 6.61 Å². The summed E-state index contributed by atoms with van der Waals surface area (Å²) in [4.78, 5) is 11.7. The third-order valence-electron chi connectivity index (χ3n) is 4.85. The fourth-order valence-electron chi connectivity index (χ4n) is 2.20. The topological polar surface area (TPSA) is 31.2 Å². The van der Waals surface area contributed by atoms with Gasteiger partial charge in [0, 0.05) is 25.4 Å². The SMILES string of the molecule is Cc1cc(CCCCCO[Si](C)(C)C(C)(C)C)n(C)c(=O)c1. The summed E-state index contributed by atoms with van der Waals surface area (Å²) in [5.41, 5.74) is 2.28. The number of pyridine rings is 1. The summed E-state index contributed by atoms with van der Waals surface area (Å²) in [6.07, 6.45) is 4.33. The molecule has 3 nitrogen and oxygen atoms in total. The van der Waals surface area contributed by atoms with Crippen LogP contribution in [0.1, 0.15) is 51.3 Å². The number of rotatable bonds is 7. The van der Waals surface area contributed by atoms with Crippen LogP contribution in [0.2, 0.25) is 18.1 Å². The monoisotopic (exact) mass is 323 g/mol. The Labute approximate surface area is 136 Å². The van der Waals surface area contributed by atoms with Crippen molar-refractivity contribution < 1.29 is 4.43 Å². The predicted molar refractivity (Wildman–Crippen MR) is 97.1 cm³/mol. The second-order valence-corrected chi connectivity index (χ2v) is 12.7. The van der Waals surface area contributed by atoms with Crippen LogP contribution in [-0.2, 0) is 17.9 Å². The minimum atomic E-state index is -1.60. The second kappa shape index (κ2) is 7.60. The van der Waals surface area contributed by atoms with E-state index in [2.05, 4.69) is 39.9 Å². The Balaban J connectivity index is 2.34. The summed E-state index contributed by atoms with van der Waals surface area (Å²) in [5, 5.41) is 0.285. The Morgan fingerprint density at radius 1 is 1.14 bits per heavy atom. The van der Waals surface area contributed by atoms with Gasteiger partial charge in [-0.05, 0) is 55.9 Å². The van der Waals surface area contributed by atoms with Gasteiger partial charge in [0.25, 0.3) is 5.56 Å². The van der Waals surface area contributed by atoms with Gasteiger partial charge in [0.05, 0.1) is 0 Å². The van der Waals surface area contributed by atoms with Gasteiger partial charge in [-0.3, -0.25) is 4.79 Å². The lowest BCUT2D eigenvalue weighted by atomic mass is 10.1. The van der Waals surface area contributed by atoms with E-state index in [4.69, 9.17) is 4.43 Å². The van der Waals surface area contributed by atoms with Gasteiger partial charge >= 0.3 is 0 Å². The van der Waals surface area contributed by atoms with E-state index in [1.54, 1.807) is 10.6 Å². The number of aromatic nitrogens is 1. The lowest BCUT2D eigenvalue weighted by Gasteiger charge is -2.36. The standard InChI is InChI=1S/C18H33NO2Si/c1-15-13-16(19(5)17(20)14-15)11-9-8-10-12-21-22(6,7)18(2,3)4/h13-14H,8-12H2,1-7H3. The molecule has 126 valence electrons. The zero-order chi connectivity index (χ0) is 17.0. The number of hydrogen-bond acceptors (Lipinski definition) is 2. The van der Waals surface area contributed by atoms with Crippen molar-refractivity contribution in [3.05, 3.63) is 33.7 Å². The minimum absolute atomic E-state index is 0.0938. The van der Waals surface area contributed by atoms with Crippen molar-refractivity contribution in [3.8, 4) is 0 Å². The molecule has 0 amide bonds. The Morgan fingerprint density at radius 2 is 1.77 bits per heavy atom. The summed E-state index contributed by atoms with van der Waals surface area (Å²) in [5.74, 6) is 0. The van der Waals surface area contributed by atoms with Crippen LogP contribution in [0.15, 0.2) is 16.9 Å². The fraction of sp³-hybridized carbons (Fsp3) is 0.722. The summed E-state index contributed by atoms with van der Waals surface area (Å²) in [6, 6.07) is 3.81. The van der Waals surface area contributed by atoms with Gasteiger partial charge in [0.2, 0.25) is 0 Å². The first kappa shape index (κ1) is 19.2. The smallest absolute Gasteiger partial charge is 0.250 e. The van der Waals surface area contributed by atoms with Crippen molar-refractivity contribution in [1.82, 2.24) is 4.57 Å². The number of hydrogen-bond donors (Lipinski definition) is 0. The maximum absolute atomic E-state index is 11.7. The van der Waals surface area contributed by atoms with Crippen molar-refractivity contribution in [2.24, 2.45) is 7.05 Å². The van der Waals surface area contributed by atoms with E-state index in [1.165, 1.54) is 0 Å². The number of aryl methyl sites for hydroxylation is 2. The summed E-state index contributed by atoms with van der Waals surface area (Å²) in [6.45, 7) is 14.3. The normalized spacial score (nSPS) is 12.7. The maximum atomic E-state index is 11.7. The molecule has 0 unspecified atom stereocenters. The molecule has 1 aromatic heterocycles. The molecule has 0 aliphatic heterocycles. The van der Waals surface area contributed by atoms with Gasteiger partial charge < -0.3 is 8.99 Å². The molecular weight excluding hydrogens is 290 g/mol. The van der Waals surface area contributed by atoms with Gasteiger partial charge in [-0.25, -0.2) is 0 Å². The van der Waals surface area contributed by atoms with Gasteiger partial charge in [-0.1, -0.05) is 27.2 Å². The van der Waals surface area contributed by atoms with Crippen LogP contribution in [0.3, 0.4) is 0 Å². The minimum Gasteiger partial charge on any atom is -0.417 e. The van der Waals surface area contributed by atoms with Crippen molar-refractivity contribution in [2.45, 2.75) is 71.5 Å². The lowest BCUT2D eigenvalue weighted by Crippen LogP contribution is -2.40. The summed E-state index contributed by atoms with van der Waals surface area (Å²) in [7, 11) is 0.260. The van der Waals surface area contributed by atoms with Gasteiger partial charge in [0.15, 0.2) is 8.32 Å². The molecule has 0 aromatic carbocycles. The van der Waals surface area contributed by atoms with Crippen LogP contribution in [-0.4, -0.2) is 19.5 Å². The quantitative estimate of drug-likeness (QED) is 0.549.